The van der Waals surface area contributed by atoms with Gasteiger partial charge in [-0.1, -0.05) is 52.9 Å². The second-order valence-corrected chi connectivity index (χ2v) is 6.84. The number of rotatable bonds is 10. The van der Waals surface area contributed by atoms with Crippen molar-refractivity contribution in [1.82, 2.24) is 5.32 Å². The van der Waals surface area contributed by atoms with Crippen molar-refractivity contribution in [3.05, 3.63) is 0 Å². The number of aliphatic hydroxyl groups is 1. The number of unbranched alkanes of at least 4 members (excludes halogenated alkanes) is 5. The Morgan fingerprint density at radius 3 is 2.10 bits per heavy atom. The van der Waals surface area contributed by atoms with Crippen LogP contribution in [0.4, 0.5) is 0 Å². The predicted molar refractivity (Wildman–Crippen MR) is 92.9 cm³/mol. The summed E-state index contributed by atoms with van der Waals surface area (Å²) >= 11 is 5.51. The fourth-order valence-corrected chi connectivity index (χ4v) is 1.88. The maximum Gasteiger partial charge on any atom is 0.222 e. The van der Waals surface area contributed by atoms with Crippen LogP contribution in [0.25, 0.3) is 0 Å². The third kappa shape index (κ3) is 17.7. The van der Waals surface area contributed by atoms with Crippen molar-refractivity contribution in [2.75, 3.05) is 12.5 Å². The van der Waals surface area contributed by atoms with E-state index in [4.69, 9.17) is 16.7 Å². The summed E-state index contributed by atoms with van der Waals surface area (Å²) in [6, 6.07) is 0. The van der Waals surface area contributed by atoms with Crippen LogP contribution in [0, 0.1) is 5.92 Å². The number of hydrogen-bond donors (Lipinski definition) is 2. The molecule has 3 nitrogen and oxygen atoms in total. The smallest absolute Gasteiger partial charge is 0.222 e. The average molecular weight is 322 g/mol. The van der Waals surface area contributed by atoms with Crippen LogP contribution in [0.5, 0.6) is 0 Å². The maximum absolute atomic E-state index is 11.2. The van der Waals surface area contributed by atoms with Crippen molar-refractivity contribution in [2.45, 2.75) is 85.1 Å². The van der Waals surface area contributed by atoms with E-state index in [-0.39, 0.29) is 24.0 Å². The Bertz CT molecular complexity index is 237. The highest BCUT2D eigenvalue weighted by atomic mass is 35.5. The van der Waals surface area contributed by atoms with Gasteiger partial charge >= 0.3 is 0 Å². The summed E-state index contributed by atoms with van der Waals surface area (Å²) < 4.78 is 0. The second-order valence-electron chi connectivity index (χ2n) is 6.46. The van der Waals surface area contributed by atoms with Crippen LogP contribution in [0.2, 0.25) is 0 Å². The second kappa shape index (κ2) is 14.6. The molecule has 2 N–H and O–H groups in total. The zero-order valence-corrected chi connectivity index (χ0v) is 15.4. The quantitative estimate of drug-likeness (QED) is 0.459. The van der Waals surface area contributed by atoms with E-state index >= 15 is 0 Å². The molecule has 0 aromatic heterocycles. The number of alkyl halides is 1. The normalized spacial score (nSPS) is 11.0. The molecule has 0 saturated heterocycles. The van der Waals surface area contributed by atoms with E-state index in [1.807, 2.05) is 27.7 Å². The van der Waals surface area contributed by atoms with Gasteiger partial charge in [-0.15, -0.1) is 11.6 Å². The molecule has 0 aliphatic heterocycles. The zero-order chi connectivity index (χ0) is 16.7. The molecule has 0 radical (unpaired) electrons. The molecule has 21 heavy (non-hydrogen) atoms. The number of nitrogens with one attached hydrogen (secondary N) is 1. The summed E-state index contributed by atoms with van der Waals surface area (Å²) in [5, 5.41) is 11.6. The molecule has 0 atom stereocenters. The topological polar surface area (TPSA) is 49.3 Å². The first kappa shape index (κ1) is 23.0. The molecule has 0 fully saturated rings. The Balaban J connectivity index is 0. The SMILES string of the molecule is CC(C)C(=O)NC(C)(C)CCO.CCCCCCCCCl. The molecule has 0 aromatic rings. The Hall–Kier alpha value is -0.280. The van der Waals surface area contributed by atoms with Crippen LogP contribution in [0.3, 0.4) is 0 Å². The largest absolute Gasteiger partial charge is 0.396 e. The number of hydrogen-bond acceptors (Lipinski definition) is 2. The fraction of sp³-hybridized carbons (Fsp3) is 0.941. The average Bonchev–Trinajstić information content (AvgIpc) is 2.38. The molecule has 4 heteroatoms. The van der Waals surface area contributed by atoms with Gasteiger partial charge in [-0.2, -0.15) is 0 Å². The van der Waals surface area contributed by atoms with E-state index in [1.165, 1.54) is 38.5 Å². The van der Waals surface area contributed by atoms with Crippen LogP contribution in [-0.2, 0) is 4.79 Å². The lowest BCUT2D eigenvalue weighted by molar-refractivity contribution is -0.125. The number of aliphatic hydroxyl groups excluding tert-OH is 1. The van der Waals surface area contributed by atoms with E-state index in [9.17, 15) is 4.79 Å². The third-order valence-corrected chi connectivity index (χ3v) is 3.48. The highest BCUT2D eigenvalue weighted by Crippen LogP contribution is 2.08. The van der Waals surface area contributed by atoms with Crippen LogP contribution in [-0.4, -0.2) is 29.0 Å². The van der Waals surface area contributed by atoms with Gasteiger partial charge in [0.2, 0.25) is 5.91 Å². The predicted octanol–water partition coefficient (Wildman–Crippen LogP) is 4.51. The molecule has 0 bridgehead atoms. The van der Waals surface area contributed by atoms with Gasteiger partial charge in [-0.05, 0) is 26.7 Å². The van der Waals surface area contributed by atoms with Crippen LogP contribution in [0.1, 0.15) is 79.6 Å². The number of carbonyl (C=O) groups excluding carboxylic acids is 1. The van der Waals surface area contributed by atoms with E-state index in [0.29, 0.717) is 6.42 Å². The Kier molecular flexibility index (Phi) is 16.0. The molecule has 128 valence electrons. The van der Waals surface area contributed by atoms with Gasteiger partial charge in [0.05, 0.1) is 0 Å². The lowest BCUT2D eigenvalue weighted by atomic mass is 10.00. The van der Waals surface area contributed by atoms with Gasteiger partial charge in [0, 0.05) is 23.9 Å². The summed E-state index contributed by atoms with van der Waals surface area (Å²) in [6.07, 6.45) is 8.61. The fourth-order valence-electron chi connectivity index (χ4n) is 1.69. The molecule has 0 saturated carbocycles. The molecule has 0 aliphatic rings. The number of carbonyl (C=O) groups is 1. The summed E-state index contributed by atoms with van der Waals surface area (Å²) in [4.78, 5) is 11.2. The molecule has 0 spiro atoms. The summed E-state index contributed by atoms with van der Waals surface area (Å²) in [5.74, 6) is 0.878. The first-order valence-electron chi connectivity index (χ1n) is 8.29. The number of halogens is 1. The molecule has 0 aliphatic carbocycles. The lowest BCUT2D eigenvalue weighted by Crippen LogP contribution is -2.45. The first-order chi connectivity index (χ1) is 9.80. The van der Waals surface area contributed by atoms with Crippen molar-refractivity contribution >= 4 is 17.5 Å². The molecule has 0 rings (SSSR count). The first-order valence-corrected chi connectivity index (χ1v) is 8.83. The van der Waals surface area contributed by atoms with Gasteiger partial charge in [0.25, 0.3) is 0 Å². The Labute approximate surface area is 136 Å². The van der Waals surface area contributed by atoms with Gasteiger partial charge in [0.1, 0.15) is 0 Å². The van der Waals surface area contributed by atoms with Gasteiger partial charge in [0.15, 0.2) is 0 Å². The summed E-state index contributed by atoms with van der Waals surface area (Å²) in [6.45, 7) is 9.86. The van der Waals surface area contributed by atoms with Crippen LogP contribution in [0.15, 0.2) is 0 Å². The molecule has 0 aromatic carbocycles. The van der Waals surface area contributed by atoms with Gasteiger partial charge in [-0.3, -0.25) is 4.79 Å². The Morgan fingerprint density at radius 2 is 1.67 bits per heavy atom. The van der Waals surface area contributed by atoms with Crippen molar-refractivity contribution in [3.63, 3.8) is 0 Å². The van der Waals surface area contributed by atoms with Gasteiger partial charge < -0.3 is 10.4 Å². The van der Waals surface area contributed by atoms with Crippen molar-refractivity contribution < 1.29 is 9.90 Å². The van der Waals surface area contributed by atoms with E-state index < -0.39 is 0 Å². The highest BCUT2D eigenvalue weighted by Gasteiger charge is 2.20. The van der Waals surface area contributed by atoms with Crippen LogP contribution >= 0.6 is 11.6 Å². The van der Waals surface area contributed by atoms with E-state index in [0.717, 1.165) is 5.88 Å². The van der Waals surface area contributed by atoms with E-state index in [1.54, 1.807) is 0 Å². The van der Waals surface area contributed by atoms with Crippen molar-refractivity contribution in [2.24, 2.45) is 5.92 Å². The molecule has 0 heterocycles. The number of amides is 1. The minimum absolute atomic E-state index is 0.00275. The molecular weight excluding hydrogens is 286 g/mol. The molecular formula is C17H36ClNO2. The minimum Gasteiger partial charge on any atom is -0.396 e. The Morgan fingerprint density at radius 1 is 1.14 bits per heavy atom. The lowest BCUT2D eigenvalue weighted by Gasteiger charge is -2.26. The zero-order valence-electron chi connectivity index (χ0n) is 14.7. The monoisotopic (exact) mass is 321 g/mol. The third-order valence-electron chi connectivity index (χ3n) is 3.21. The summed E-state index contributed by atoms with van der Waals surface area (Å²) in [7, 11) is 0. The van der Waals surface area contributed by atoms with E-state index in [2.05, 4.69) is 12.2 Å². The van der Waals surface area contributed by atoms with Gasteiger partial charge in [-0.25, -0.2) is 0 Å². The van der Waals surface area contributed by atoms with Crippen LogP contribution < -0.4 is 5.32 Å². The molecule has 1 amide bonds. The molecule has 0 unspecified atom stereocenters. The van der Waals surface area contributed by atoms with Crippen molar-refractivity contribution in [1.29, 1.82) is 0 Å². The minimum atomic E-state index is -0.296. The standard InChI is InChI=1S/C9H19NO2.C8H17Cl/c1-7(2)8(12)10-9(3,4)5-6-11;1-2-3-4-5-6-7-8-9/h7,11H,5-6H2,1-4H3,(H,10,12);2-8H2,1H3. The highest BCUT2D eigenvalue weighted by molar-refractivity contribution is 6.17. The summed E-state index contributed by atoms with van der Waals surface area (Å²) in [5.41, 5.74) is -0.296. The maximum atomic E-state index is 11.2. The van der Waals surface area contributed by atoms with Crippen molar-refractivity contribution in [3.8, 4) is 0 Å².